The number of thiophene rings is 1. The number of rotatable bonds is 6. The van der Waals surface area contributed by atoms with E-state index < -0.39 is 12.1 Å². The van der Waals surface area contributed by atoms with Gasteiger partial charge in [0.05, 0.1) is 12.7 Å². The molecule has 16 heavy (non-hydrogen) atoms. The zero-order chi connectivity index (χ0) is 12.1. The van der Waals surface area contributed by atoms with Gasteiger partial charge in [-0.15, -0.1) is 11.3 Å². The van der Waals surface area contributed by atoms with E-state index in [-0.39, 0.29) is 13.2 Å². The fourth-order valence-corrected chi connectivity index (χ4v) is 2.12. The fourth-order valence-electron chi connectivity index (χ4n) is 1.24. The molecule has 0 aromatic carbocycles. The Labute approximate surface area is 97.4 Å². The number of carboxylic acids is 1. The summed E-state index contributed by atoms with van der Waals surface area (Å²) in [6.07, 6.45) is -0.780. The molecule has 0 radical (unpaired) electrons. The van der Waals surface area contributed by atoms with Crippen LogP contribution in [0.1, 0.15) is 20.1 Å². The normalized spacial score (nSPS) is 12.7. The molecule has 0 aliphatic heterocycles. The zero-order valence-corrected chi connectivity index (χ0v) is 9.75. The number of aryl methyl sites for hydroxylation is 1. The number of aliphatic hydroxyl groups is 2. The van der Waals surface area contributed by atoms with Crippen LogP contribution in [0, 0.1) is 6.92 Å². The first-order valence-electron chi connectivity index (χ1n) is 4.86. The van der Waals surface area contributed by atoms with Gasteiger partial charge in [-0.25, -0.2) is 4.79 Å². The highest BCUT2D eigenvalue weighted by molar-refractivity contribution is 7.14. The Hall–Kier alpha value is -0.950. The molecular weight excluding hydrogens is 230 g/mol. The van der Waals surface area contributed by atoms with E-state index in [2.05, 4.69) is 5.32 Å². The monoisotopic (exact) mass is 245 g/mol. The van der Waals surface area contributed by atoms with Gasteiger partial charge in [-0.1, -0.05) is 0 Å². The van der Waals surface area contributed by atoms with E-state index in [9.17, 15) is 4.79 Å². The molecule has 90 valence electrons. The molecule has 1 atom stereocenters. The molecule has 0 amide bonds. The predicted octanol–water partition coefficient (Wildman–Crippen LogP) is 0.198. The molecule has 0 bridgehead atoms. The molecule has 1 aromatic rings. The van der Waals surface area contributed by atoms with Gasteiger partial charge in [-0.3, -0.25) is 0 Å². The summed E-state index contributed by atoms with van der Waals surface area (Å²) in [5, 5.41) is 29.4. The fraction of sp³-hybridized carbons (Fsp3) is 0.500. The van der Waals surface area contributed by atoms with E-state index in [4.69, 9.17) is 15.3 Å². The number of carbonyl (C=O) groups is 1. The molecule has 0 fully saturated rings. The summed E-state index contributed by atoms with van der Waals surface area (Å²) in [4.78, 5) is 12.0. The highest BCUT2D eigenvalue weighted by atomic mass is 32.1. The number of aromatic carboxylic acids is 1. The number of carboxylic acid groups (broad SMARTS) is 1. The predicted molar refractivity (Wildman–Crippen MR) is 60.8 cm³/mol. The SMILES string of the molecule is Cc1sc(C(=O)O)cc1CNCC(O)CO. The topological polar surface area (TPSA) is 89.8 Å². The van der Waals surface area contributed by atoms with Crippen molar-refractivity contribution in [3.8, 4) is 0 Å². The van der Waals surface area contributed by atoms with Gasteiger partial charge in [0.25, 0.3) is 0 Å². The third-order valence-corrected chi connectivity index (χ3v) is 3.22. The van der Waals surface area contributed by atoms with Crippen molar-refractivity contribution in [2.75, 3.05) is 13.2 Å². The second kappa shape index (κ2) is 5.95. The Bertz CT molecular complexity index is 364. The van der Waals surface area contributed by atoms with Gasteiger partial charge in [-0.05, 0) is 18.6 Å². The minimum absolute atomic E-state index is 0.282. The summed E-state index contributed by atoms with van der Waals surface area (Å²) in [6, 6.07) is 1.63. The molecule has 0 aliphatic carbocycles. The van der Waals surface area contributed by atoms with Crippen molar-refractivity contribution in [3.05, 3.63) is 21.4 Å². The van der Waals surface area contributed by atoms with E-state index >= 15 is 0 Å². The van der Waals surface area contributed by atoms with E-state index in [0.29, 0.717) is 11.4 Å². The van der Waals surface area contributed by atoms with Crippen LogP contribution in [0.15, 0.2) is 6.07 Å². The molecule has 0 saturated heterocycles. The molecule has 6 heteroatoms. The number of hydrogen-bond donors (Lipinski definition) is 4. The van der Waals surface area contributed by atoms with Gasteiger partial charge >= 0.3 is 5.97 Å². The first kappa shape index (κ1) is 13.1. The van der Waals surface area contributed by atoms with E-state index in [1.54, 1.807) is 6.07 Å². The molecule has 1 heterocycles. The highest BCUT2D eigenvalue weighted by Crippen LogP contribution is 2.21. The lowest BCUT2D eigenvalue weighted by Gasteiger charge is -2.08. The summed E-state index contributed by atoms with van der Waals surface area (Å²) < 4.78 is 0. The standard InChI is InChI=1S/C10H15NO4S/c1-6-7(2-9(16-6)10(14)15)3-11-4-8(13)5-12/h2,8,11-13H,3-5H2,1H3,(H,14,15). The summed E-state index contributed by atoms with van der Waals surface area (Å²) in [6.45, 7) is 2.35. The lowest BCUT2D eigenvalue weighted by Crippen LogP contribution is -2.28. The maximum absolute atomic E-state index is 10.7. The molecule has 1 unspecified atom stereocenters. The van der Waals surface area contributed by atoms with Crippen LogP contribution in [0.4, 0.5) is 0 Å². The van der Waals surface area contributed by atoms with Gasteiger partial charge in [0.15, 0.2) is 0 Å². The number of aliphatic hydroxyl groups excluding tert-OH is 2. The van der Waals surface area contributed by atoms with Crippen LogP contribution in [0.2, 0.25) is 0 Å². The lowest BCUT2D eigenvalue weighted by atomic mass is 10.2. The van der Waals surface area contributed by atoms with E-state index in [1.165, 1.54) is 11.3 Å². The maximum Gasteiger partial charge on any atom is 0.345 e. The Morgan fingerprint density at radius 2 is 2.31 bits per heavy atom. The van der Waals surface area contributed by atoms with Crippen molar-refractivity contribution in [3.63, 3.8) is 0 Å². The van der Waals surface area contributed by atoms with Crippen LogP contribution < -0.4 is 5.32 Å². The van der Waals surface area contributed by atoms with Crippen molar-refractivity contribution in [2.24, 2.45) is 0 Å². The molecule has 1 rings (SSSR count). The Morgan fingerprint density at radius 3 is 2.81 bits per heavy atom. The van der Waals surface area contributed by atoms with Gasteiger partial charge in [0, 0.05) is 18.0 Å². The molecule has 5 nitrogen and oxygen atoms in total. The van der Waals surface area contributed by atoms with Crippen LogP contribution in [0.5, 0.6) is 0 Å². The molecule has 0 spiro atoms. The molecular formula is C10H15NO4S. The number of nitrogens with one attached hydrogen (secondary N) is 1. The largest absolute Gasteiger partial charge is 0.477 e. The number of hydrogen-bond acceptors (Lipinski definition) is 5. The third kappa shape index (κ3) is 3.57. The van der Waals surface area contributed by atoms with E-state index in [0.717, 1.165) is 10.4 Å². The summed E-state index contributed by atoms with van der Waals surface area (Å²) in [7, 11) is 0. The van der Waals surface area contributed by atoms with Crippen LogP contribution in [-0.2, 0) is 6.54 Å². The molecule has 0 aliphatic rings. The molecule has 1 aromatic heterocycles. The maximum atomic E-state index is 10.7. The highest BCUT2D eigenvalue weighted by Gasteiger charge is 2.10. The van der Waals surface area contributed by atoms with Crippen LogP contribution in [-0.4, -0.2) is 40.5 Å². The second-order valence-corrected chi connectivity index (χ2v) is 4.72. The van der Waals surface area contributed by atoms with Crippen molar-refractivity contribution >= 4 is 17.3 Å². The van der Waals surface area contributed by atoms with Crippen LogP contribution in [0.3, 0.4) is 0 Å². The minimum atomic E-state index is -0.922. The second-order valence-electron chi connectivity index (χ2n) is 3.46. The van der Waals surface area contributed by atoms with Crippen LogP contribution in [0.25, 0.3) is 0 Å². The first-order chi connectivity index (χ1) is 7.54. The minimum Gasteiger partial charge on any atom is -0.477 e. The van der Waals surface area contributed by atoms with E-state index in [1.807, 2.05) is 6.92 Å². The van der Waals surface area contributed by atoms with Crippen molar-refractivity contribution in [1.82, 2.24) is 5.32 Å². The quantitative estimate of drug-likeness (QED) is 0.575. The Morgan fingerprint density at radius 1 is 1.62 bits per heavy atom. The van der Waals surface area contributed by atoms with Gasteiger partial charge < -0.3 is 20.6 Å². The molecule has 4 N–H and O–H groups in total. The zero-order valence-electron chi connectivity index (χ0n) is 8.93. The van der Waals surface area contributed by atoms with Gasteiger partial charge in [0.1, 0.15) is 4.88 Å². The Balaban J connectivity index is 2.51. The summed E-state index contributed by atoms with van der Waals surface area (Å²) in [5.74, 6) is -0.922. The summed E-state index contributed by atoms with van der Waals surface area (Å²) >= 11 is 1.24. The van der Waals surface area contributed by atoms with Crippen LogP contribution >= 0.6 is 11.3 Å². The molecule has 0 saturated carbocycles. The van der Waals surface area contributed by atoms with Crippen molar-refractivity contribution in [2.45, 2.75) is 19.6 Å². The van der Waals surface area contributed by atoms with Crippen molar-refractivity contribution < 1.29 is 20.1 Å². The first-order valence-corrected chi connectivity index (χ1v) is 5.68. The summed E-state index contributed by atoms with van der Waals surface area (Å²) in [5.41, 5.74) is 0.910. The Kier molecular flexibility index (Phi) is 4.88. The van der Waals surface area contributed by atoms with Gasteiger partial charge in [0.2, 0.25) is 0 Å². The smallest absolute Gasteiger partial charge is 0.345 e. The average Bonchev–Trinajstić information content (AvgIpc) is 2.60. The lowest BCUT2D eigenvalue weighted by molar-refractivity contribution is 0.0702. The van der Waals surface area contributed by atoms with Crippen molar-refractivity contribution in [1.29, 1.82) is 0 Å². The third-order valence-electron chi connectivity index (χ3n) is 2.14. The van der Waals surface area contributed by atoms with Gasteiger partial charge in [-0.2, -0.15) is 0 Å². The average molecular weight is 245 g/mol.